The minimum Gasteiger partial charge on any atom is -0.486 e. The molecule has 2 aliphatic rings. The van der Waals surface area contributed by atoms with Crippen molar-refractivity contribution in [1.29, 1.82) is 5.26 Å². The molecule has 99 valence electrons. The van der Waals surface area contributed by atoms with Gasteiger partial charge in [-0.25, -0.2) is 0 Å². The van der Waals surface area contributed by atoms with Gasteiger partial charge in [0.2, 0.25) is 0 Å². The van der Waals surface area contributed by atoms with Crippen molar-refractivity contribution in [3.05, 3.63) is 29.8 Å². The van der Waals surface area contributed by atoms with Gasteiger partial charge in [-0.3, -0.25) is 0 Å². The molecule has 2 heteroatoms. The predicted octanol–water partition coefficient (Wildman–Crippen LogP) is 3.95. The molecule has 2 fully saturated rings. The Hall–Kier alpha value is -1.49. The van der Waals surface area contributed by atoms with Crippen molar-refractivity contribution < 1.29 is 4.74 Å². The van der Waals surface area contributed by atoms with Gasteiger partial charge in [-0.15, -0.1) is 0 Å². The summed E-state index contributed by atoms with van der Waals surface area (Å²) in [6.45, 7) is 6.94. The number of benzene rings is 1. The van der Waals surface area contributed by atoms with Crippen molar-refractivity contribution in [3.8, 4) is 11.8 Å². The molecular formula is C17H20NO. The molecule has 0 aliphatic heterocycles. The molecule has 1 radical (unpaired) electrons. The van der Waals surface area contributed by atoms with Crippen LogP contribution in [-0.4, -0.2) is 5.60 Å². The third-order valence-electron chi connectivity index (χ3n) is 5.23. The summed E-state index contributed by atoms with van der Waals surface area (Å²) >= 11 is 0. The maximum atomic E-state index is 8.96. The highest BCUT2D eigenvalue weighted by atomic mass is 16.5. The van der Waals surface area contributed by atoms with Gasteiger partial charge in [-0.1, -0.05) is 27.2 Å². The van der Waals surface area contributed by atoms with Crippen LogP contribution in [0.2, 0.25) is 0 Å². The zero-order chi connectivity index (χ0) is 13.7. The van der Waals surface area contributed by atoms with Crippen molar-refractivity contribution in [2.75, 3.05) is 0 Å². The number of rotatable bonds is 2. The van der Waals surface area contributed by atoms with E-state index in [0.29, 0.717) is 11.5 Å². The fraction of sp³-hybridized carbons (Fsp3) is 0.588. The first-order valence-electron chi connectivity index (χ1n) is 7.10. The molecular weight excluding hydrogens is 234 g/mol. The Labute approximate surface area is 115 Å². The number of nitrogens with zero attached hydrogens (tertiary/aromatic N) is 1. The topological polar surface area (TPSA) is 33.0 Å². The summed E-state index contributed by atoms with van der Waals surface area (Å²) in [5.74, 6) is 2.17. The lowest BCUT2D eigenvalue weighted by Crippen LogP contribution is -2.30. The maximum absolute atomic E-state index is 8.96. The summed E-state index contributed by atoms with van der Waals surface area (Å²) in [5.41, 5.74) is 0.847. The van der Waals surface area contributed by atoms with Gasteiger partial charge in [0.15, 0.2) is 0 Å². The third-order valence-corrected chi connectivity index (χ3v) is 5.23. The van der Waals surface area contributed by atoms with Gasteiger partial charge in [0, 0.05) is 11.3 Å². The van der Waals surface area contributed by atoms with Crippen molar-refractivity contribution in [2.24, 2.45) is 17.3 Å². The van der Waals surface area contributed by atoms with Crippen LogP contribution in [-0.2, 0) is 0 Å². The second kappa shape index (κ2) is 4.00. The monoisotopic (exact) mass is 254 g/mol. The summed E-state index contributed by atoms with van der Waals surface area (Å²) < 4.78 is 6.36. The first-order valence-corrected chi connectivity index (χ1v) is 7.10. The molecule has 0 heterocycles. The number of fused-ring (bicyclic) bond motifs is 1. The zero-order valence-electron chi connectivity index (χ0n) is 11.9. The van der Waals surface area contributed by atoms with Crippen LogP contribution in [0.3, 0.4) is 0 Å². The Morgan fingerprint density at radius 2 is 2.16 bits per heavy atom. The van der Waals surface area contributed by atoms with Crippen LogP contribution in [0.5, 0.6) is 5.75 Å². The van der Waals surface area contributed by atoms with Crippen LogP contribution in [0.25, 0.3) is 0 Å². The molecule has 0 spiro atoms. The number of hydrogen-bond donors (Lipinski definition) is 0. The Morgan fingerprint density at radius 3 is 2.89 bits per heavy atom. The van der Waals surface area contributed by atoms with E-state index in [1.54, 1.807) is 6.07 Å². The van der Waals surface area contributed by atoms with E-state index >= 15 is 0 Å². The first-order chi connectivity index (χ1) is 8.99. The smallest absolute Gasteiger partial charge is 0.122 e. The Morgan fingerprint density at radius 1 is 1.37 bits per heavy atom. The second-order valence-electron chi connectivity index (χ2n) is 6.72. The average Bonchev–Trinajstić information content (AvgIpc) is 2.84. The molecule has 3 rings (SSSR count). The van der Waals surface area contributed by atoms with E-state index in [9.17, 15) is 0 Å². The first kappa shape index (κ1) is 12.5. The summed E-state index contributed by atoms with van der Waals surface area (Å²) in [5, 5.41) is 8.96. The molecule has 0 saturated heterocycles. The van der Waals surface area contributed by atoms with Gasteiger partial charge < -0.3 is 4.74 Å². The maximum Gasteiger partial charge on any atom is 0.122 e. The minimum atomic E-state index is -0.0212. The van der Waals surface area contributed by atoms with Gasteiger partial charge in [-0.2, -0.15) is 5.26 Å². The SMILES string of the molecule is CC1CCC2C(C)(C)C2(Oc2c[c]cc(C#N)c2)C1. The van der Waals surface area contributed by atoms with Crippen LogP contribution in [0.15, 0.2) is 18.2 Å². The molecule has 3 unspecified atom stereocenters. The van der Waals surface area contributed by atoms with Crippen LogP contribution in [0, 0.1) is 34.6 Å². The number of hydrogen-bond acceptors (Lipinski definition) is 2. The lowest BCUT2D eigenvalue weighted by molar-refractivity contribution is 0.0847. The molecule has 3 atom stereocenters. The lowest BCUT2D eigenvalue weighted by Gasteiger charge is -2.29. The molecule has 19 heavy (non-hydrogen) atoms. The van der Waals surface area contributed by atoms with Crippen molar-refractivity contribution >= 4 is 0 Å². The van der Waals surface area contributed by atoms with E-state index in [1.807, 2.05) is 12.1 Å². The molecule has 0 amide bonds. The lowest BCUT2D eigenvalue weighted by atomic mass is 9.88. The zero-order valence-corrected chi connectivity index (χ0v) is 11.9. The molecule has 1 aromatic carbocycles. The van der Waals surface area contributed by atoms with E-state index < -0.39 is 0 Å². The normalized spacial score (nSPS) is 35.1. The van der Waals surface area contributed by atoms with Gasteiger partial charge in [0.1, 0.15) is 11.4 Å². The third kappa shape index (κ3) is 1.75. The molecule has 0 N–H and O–H groups in total. The van der Waals surface area contributed by atoms with E-state index in [4.69, 9.17) is 10.00 Å². The quantitative estimate of drug-likeness (QED) is 0.800. The minimum absolute atomic E-state index is 0.0212. The summed E-state index contributed by atoms with van der Waals surface area (Å²) in [7, 11) is 0. The highest BCUT2D eigenvalue weighted by Crippen LogP contribution is 2.70. The standard InChI is InChI=1S/C17H20NO/c1-12-7-8-15-16(2,3)17(15,10-12)19-14-6-4-5-13(9-14)11-18/h5-6,9,12,15H,7-8,10H2,1-3H3. The van der Waals surface area contributed by atoms with Crippen molar-refractivity contribution in [3.63, 3.8) is 0 Å². The van der Waals surface area contributed by atoms with Crippen LogP contribution in [0.1, 0.15) is 45.6 Å². The van der Waals surface area contributed by atoms with E-state index in [0.717, 1.165) is 18.1 Å². The van der Waals surface area contributed by atoms with Crippen LogP contribution >= 0.6 is 0 Å². The Balaban J connectivity index is 1.87. The molecule has 0 aromatic heterocycles. The summed E-state index contributed by atoms with van der Waals surface area (Å²) in [6, 6.07) is 10.5. The largest absolute Gasteiger partial charge is 0.486 e. The Bertz CT molecular complexity index is 542. The second-order valence-corrected chi connectivity index (χ2v) is 6.72. The van der Waals surface area contributed by atoms with Gasteiger partial charge in [-0.05, 0) is 43.0 Å². The highest BCUT2D eigenvalue weighted by molar-refractivity contribution is 5.37. The predicted molar refractivity (Wildman–Crippen MR) is 73.6 cm³/mol. The van der Waals surface area contributed by atoms with E-state index in [-0.39, 0.29) is 11.0 Å². The molecule has 2 nitrogen and oxygen atoms in total. The van der Waals surface area contributed by atoms with Crippen molar-refractivity contribution in [2.45, 2.75) is 45.6 Å². The highest BCUT2D eigenvalue weighted by Gasteiger charge is 2.74. The summed E-state index contributed by atoms with van der Waals surface area (Å²) in [4.78, 5) is 0. The van der Waals surface area contributed by atoms with E-state index in [2.05, 4.69) is 32.9 Å². The summed E-state index contributed by atoms with van der Waals surface area (Å²) in [6.07, 6.45) is 3.70. The van der Waals surface area contributed by atoms with Gasteiger partial charge in [0.25, 0.3) is 0 Å². The fourth-order valence-corrected chi connectivity index (χ4v) is 4.02. The van der Waals surface area contributed by atoms with Crippen LogP contribution in [0.4, 0.5) is 0 Å². The number of nitriles is 1. The molecule has 2 saturated carbocycles. The van der Waals surface area contributed by atoms with E-state index in [1.165, 1.54) is 12.8 Å². The molecule has 0 bridgehead atoms. The fourth-order valence-electron chi connectivity index (χ4n) is 4.02. The van der Waals surface area contributed by atoms with Crippen LogP contribution < -0.4 is 4.74 Å². The van der Waals surface area contributed by atoms with Gasteiger partial charge >= 0.3 is 0 Å². The Kier molecular flexibility index (Phi) is 2.64. The number of ether oxygens (including phenoxy) is 1. The van der Waals surface area contributed by atoms with Crippen molar-refractivity contribution in [1.82, 2.24) is 0 Å². The molecule has 1 aromatic rings. The molecule has 2 aliphatic carbocycles. The van der Waals surface area contributed by atoms with Gasteiger partial charge in [0.05, 0.1) is 11.6 Å². The average molecular weight is 254 g/mol.